The van der Waals surface area contributed by atoms with E-state index in [-0.39, 0.29) is 12.5 Å². The first-order valence-corrected chi connectivity index (χ1v) is 7.60. The average molecular weight is 286 g/mol. The molecule has 3 N–H and O–H groups in total. The molecule has 2 atom stereocenters. The molecule has 0 rings (SSSR count). The first-order valence-electron chi connectivity index (χ1n) is 7.60. The zero-order chi connectivity index (χ0) is 15.5. The molecule has 0 aliphatic carbocycles. The molecule has 5 nitrogen and oxygen atoms in total. The van der Waals surface area contributed by atoms with Crippen molar-refractivity contribution in [1.29, 1.82) is 0 Å². The van der Waals surface area contributed by atoms with Crippen molar-refractivity contribution < 1.29 is 14.7 Å². The van der Waals surface area contributed by atoms with E-state index in [2.05, 4.69) is 38.3 Å². The van der Waals surface area contributed by atoms with Crippen LogP contribution in [0.4, 0.5) is 4.79 Å². The van der Waals surface area contributed by atoms with Crippen LogP contribution >= 0.6 is 0 Å². The summed E-state index contributed by atoms with van der Waals surface area (Å²) in [6.45, 7) is 9.66. The van der Waals surface area contributed by atoms with Gasteiger partial charge in [0.15, 0.2) is 0 Å². The highest BCUT2D eigenvalue weighted by atomic mass is 16.4. The molecule has 0 aromatic carbocycles. The topological polar surface area (TPSA) is 78.4 Å². The average Bonchev–Trinajstić information content (AvgIpc) is 2.38. The Labute approximate surface area is 122 Å². The van der Waals surface area contributed by atoms with E-state index in [0.29, 0.717) is 37.3 Å². The third-order valence-corrected chi connectivity index (χ3v) is 3.78. The SMILES string of the molecule is CCC(C)CNC(=O)NCCC(CCC(=O)O)C(C)C. The van der Waals surface area contributed by atoms with E-state index in [9.17, 15) is 9.59 Å². The van der Waals surface area contributed by atoms with Gasteiger partial charge in [0.2, 0.25) is 0 Å². The molecule has 0 aliphatic rings. The summed E-state index contributed by atoms with van der Waals surface area (Å²) in [6, 6.07) is -0.133. The minimum atomic E-state index is -0.755. The molecular formula is C15H30N2O3. The van der Waals surface area contributed by atoms with Crippen LogP contribution < -0.4 is 10.6 Å². The number of hydrogen-bond acceptors (Lipinski definition) is 2. The van der Waals surface area contributed by atoms with Gasteiger partial charge in [-0.05, 0) is 30.6 Å². The van der Waals surface area contributed by atoms with Crippen LogP contribution in [0.5, 0.6) is 0 Å². The lowest BCUT2D eigenvalue weighted by molar-refractivity contribution is -0.137. The number of carbonyl (C=O) groups is 2. The van der Waals surface area contributed by atoms with E-state index in [1.54, 1.807) is 0 Å². The third kappa shape index (κ3) is 9.64. The summed E-state index contributed by atoms with van der Waals surface area (Å²) in [5.74, 6) is 0.495. The molecule has 0 aromatic heterocycles. The fraction of sp³-hybridized carbons (Fsp3) is 0.867. The lowest BCUT2D eigenvalue weighted by atomic mass is 9.88. The molecule has 0 saturated heterocycles. The lowest BCUT2D eigenvalue weighted by Crippen LogP contribution is -2.38. The van der Waals surface area contributed by atoms with Crippen LogP contribution in [0.15, 0.2) is 0 Å². The lowest BCUT2D eigenvalue weighted by Gasteiger charge is -2.20. The second-order valence-electron chi connectivity index (χ2n) is 5.88. The van der Waals surface area contributed by atoms with Crippen molar-refractivity contribution in [3.05, 3.63) is 0 Å². The van der Waals surface area contributed by atoms with Crippen molar-refractivity contribution in [3.63, 3.8) is 0 Å². The van der Waals surface area contributed by atoms with E-state index in [1.165, 1.54) is 0 Å². The van der Waals surface area contributed by atoms with Gasteiger partial charge in [-0.2, -0.15) is 0 Å². The summed E-state index contributed by atoms with van der Waals surface area (Å²) in [7, 11) is 0. The summed E-state index contributed by atoms with van der Waals surface area (Å²) in [5, 5.41) is 14.4. The molecule has 0 saturated carbocycles. The molecule has 0 heterocycles. The Morgan fingerprint density at radius 1 is 1.10 bits per heavy atom. The molecule has 20 heavy (non-hydrogen) atoms. The van der Waals surface area contributed by atoms with Gasteiger partial charge in [-0.1, -0.05) is 34.1 Å². The van der Waals surface area contributed by atoms with Gasteiger partial charge in [0, 0.05) is 19.5 Å². The van der Waals surface area contributed by atoms with Crippen LogP contribution in [0.3, 0.4) is 0 Å². The van der Waals surface area contributed by atoms with Gasteiger partial charge in [-0.3, -0.25) is 4.79 Å². The molecule has 0 aliphatic heterocycles. The molecule has 0 radical (unpaired) electrons. The number of carbonyl (C=O) groups excluding carboxylic acids is 1. The largest absolute Gasteiger partial charge is 0.481 e. The number of aliphatic carboxylic acids is 1. The minimum absolute atomic E-state index is 0.133. The maximum Gasteiger partial charge on any atom is 0.314 e. The maximum absolute atomic E-state index is 11.6. The summed E-state index contributed by atoms with van der Waals surface area (Å²) >= 11 is 0. The Hall–Kier alpha value is -1.26. The van der Waals surface area contributed by atoms with Gasteiger partial charge in [0.1, 0.15) is 0 Å². The van der Waals surface area contributed by atoms with E-state index >= 15 is 0 Å². The predicted octanol–water partition coefficient (Wildman–Crippen LogP) is 2.86. The number of nitrogens with one attached hydrogen (secondary N) is 2. The fourth-order valence-corrected chi connectivity index (χ4v) is 1.96. The van der Waals surface area contributed by atoms with Crippen molar-refractivity contribution in [2.45, 2.75) is 53.4 Å². The number of rotatable bonds is 10. The van der Waals surface area contributed by atoms with Gasteiger partial charge >= 0.3 is 12.0 Å². The number of carboxylic acid groups (broad SMARTS) is 1. The van der Waals surface area contributed by atoms with Crippen LogP contribution in [0.1, 0.15) is 53.4 Å². The third-order valence-electron chi connectivity index (χ3n) is 3.78. The smallest absolute Gasteiger partial charge is 0.314 e. The van der Waals surface area contributed by atoms with Crippen LogP contribution in [0.2, 0.25) is 0 Å². The van der Waals surface area contributed by atoms with E-state index in [1.807, 2.05) is 0 Å². The molecule has 0 fully saturated rings. The second-order valence-corrected chi connectivity index (χ2v) is 5.88. The summed E-state index contributed by atoms with van der Waals surface area (Å²) in [5.41, 5.74) is 0. The standard InChI is InChI=1S/C15H30N2O3/c1-5-12(4)10-17-15(20)16-9-8-13(11(2)3)6-7-14(18)19/h11-13H,5-10H2,1-4H3,(H,18,19)(H2,16,17,20). The number of hydrogen-bond donors (Lipinski definition) is 3. The van der Waals surface area contributed by atoms with E-state index in [4.69, 9.17) is 5.11 Å². The quantitative estimate of drug-likeness (QED) is 0.578. The first kappa shape index (κ1) is 18.7. The number of urea groups is 1. The molecular weight excluding hydrogens is 256 g/mol. The molecule has 0 spiro atoms. The van der Waals surface area contributed by atoms with Gasteiger partial charge in [-0.25, -0.2) is 4.79 Å². The van der Waals surface area contributed by atoms with Crippen LogP contribution in [0, 0.1) is 17.8 Å². The molecule has 5 heteroatoms. The summed E-state index contributed by atoms with van der Waals surface area (Å²) in [4.78, 5) is 22.2. The Bertz CT molecular complexity index is 293. The summed E-state index contributed by atoms with van der Waals surface area (Å²) in [6.07, 6.45) is 2.73. The van der Waals surface area contributed by atoms with Crippen LogP contribution in [0.25, 0.3) is 0 Å². The molecule has 0 bridgehead atoms. The van der Waals surface area contributed by atoms with E-state index in [0.717, 1.165) is 12.8 Å². The molecule has 0 aromatic rings. The molecule has 2 amide bonds. The maximum atomic E-state index is 11.6. The minimum Gasteiger partial charge on any atom is -0.481 e. The van der Waals surface area contributed by atoms with Crippen molar-refractivity contribution in [2.24, 2.45) is 17.8 Å². The molecule has 118 valence electrons. The zero-order valence-electron chi connectivity index (χ0n) is 13.2. The van der Waals surface area contributed by atoms with Gasteiger partial charge in [0.25, 0.3) is 0 Å². The highest BCUT2D eigenvalue weighted by Gasteiger charge is 2.15. The Kier molecular flexibility index (Phi) is 9.86. The Balaban J connectivity index is 3.87. The predicted molar refractivity (Wildman–Crippen MR) is 80.7 cm³/mol. The van der Waals surface area contributed by atoms with Crippen LogP contribution in [-0.4, -0.2) is 30.2 Å². The van der Waals surface area contributed by atoms with Crippen molar-refractivity contribution in [2.75, 3.05) is 13.1 Å². The van der Waals surface area contributed by atoms with Gasteiger partial charge in [0.05, 0.1) is 0 Å². The highest BCUT2D eigenvalue weighted by molar-refractivity contribution is 5.73. The first-order chi connectivity index (χ1) is 9.36. The van der Waals surface area contributed by atoms with Crippen molar-refractivity contribution >= 4 is 12.0 Å². The van der Waals surface area contributed by atoms with E-state index < -0.39 is 5.97 Å². The highest BCUT2D eigenvalue weighted by Crippen LogP contribution is 2.20. The molecule has 2 unspecified atom stereocenters. The fourth-order valence-electron chi connectivity index (χ4n) is 1.96. The van der Waals surface area contributed by atoms with Gasteiger partial charge < -0.3 is 15.7 Å². The zero-order valence-corrected chi connectivity index (χ0v) is 13.2. The number of carboxylic acids is 1. The number of amides is 2. The van der Waals surface area contributed by atoms with Gasteiger partial charge in [-0.15, -0.1) is 0 Å². The second kappa shape index (κ2) is 10.5. The van der Waals surface area contributed by atoms with Crippen LogP contribution in [-0.2, 0) is 4.79 Å². The normalized spacial score (nSPS) is 13.8. The van der Waals surface area contributed by atoms with Crippen molar-refractivity contribution in [1.82, 2.24) is 10.6 Å². The monoisotopic (exact) mass is 286 g/mol. The Morgan fingerprint density at radius 2 is 1.75 bits per heavy atom. The summed E-state index contributed by atoms with van der Waals surface area (Å²) < 4.78 is 0. The Morgan fingerprint density at radius 3 is 2.25 bits per heavy atom. The van der Waals surface area contributed by atoms with Crippen molar-refractivity contribution in [3.8, 4) is 0 Å².